The number of hydrogen-bond donors (Lipinski definition) is 0. The molecule has 84 valence electrons. The van der Waals surface area contributed by atoms with Crippen molar-refractivity contribution in [1.82, 2.24) is 0 Å². The zero-order chi connectivity index (χ0) is 11.5. The molecule has 0 bridgehead atoms. The van der Waals surface area contributed by atoms with Gasteiger partial charge in [0.25, 0.3) is 0 Å². The fourth-order valence-electron chi connectivity index (χ4n) is 1.39. The highest BCUT2D eigenvalue weighted by atomic mass is 32.3. The van der Waals surface area contributed by atoms with E-state index in [1.165, 1.54) is 11.8 Å². The Balaban J connectivity index is 3.11. The summed E-state index contributed by atoms with van der Waals surface area (Å²) >= 11 is 1.39. The molecule has 0 heterocycles. The van der Waals surface area contributed by atoms with Crippen molar-refractivity contribution >= 4 is 21.6 Å². The summed E-state index contributed by atoms with van der Waals surface area (Å²) in [4.78, 5) is 0.425. The summed E-state index contributed by atoms with van der Waals surface area (Å²) in [6, 6.07) is 7.03. The van der Waals surface area contributed by atoms with E-state index in [0.29, 0.717) is 11.3 Å². The highest BCUT2D eigenvalue weighted by Gasteiger charge is 2.24. The number of rotatable bonds is 4. The minimum absolute atomic E-state index is 0.333. The summed E-state index contributed by atoms with van der Waals surface area (Å²) in [5.74, 6) is 0. The average Bonchev–Trinajstić information content (AvgIpc) is 2.19. The first-order valence-electron chi connectivity index (χ1n) is 4.85. The minimum Gasteiger partial charge on any atom is -0.223 e. The van der Waals surface area contributed by atoms with Crippen LogP contribution >= 0.6 is 11.8 Å². The monoisotopic (exact) mass is 244 g/mol. The lowest BCUT2D eigenvalue weighted by molar-refractivity contribution is 0.591. The molecule has 0 saturated heterocycles. The maximum absolute atomic E-state index is 12.1. The molecule has 4 heteroatoms. The number of thioether (sulfide) groups is 1. The number of hydrogen-bond acceptors (Lipinski definition) is 3. The van der Waals surface area contributed by atoms with Gasteiger partial charge in [0.15, 0.2) is 9.84 Å². The van der Waals surface area contributed by atoms with Crippen molar-refractivity contribution in [2.45, 2.75) is 29.7 Å². The van der Waals surface area contributed by atoms with Gasteiger partial charge in [-0.1, -0.05) is 24.6 Å². The lowest BCUT2D eigenvalue weighted by Gasteiger charge is -2.13. The predicted octanol–water partition coefficient (Wildman–Crippen LogP) is 2.87. The molecule has 0 saturated carbocycles. The van der Waals surface area contributed by atoms with Gasteiger partial charge in [0.2, 0.25) is 0 Å². The van der Waals surface area contributed by atoms with Crippen molar-refractivity contribution in [2.24, 2.45) is 0 Å². The van der Waals surface area contributed by atoms with Gasteiger partial charge < -0.3 is 0 Å². The van der Waals surface area contributed by atoms with Gasteiger partial charge >= 0.3 is 0 Å². The maximum atomic E-state index is 12.1. The van der Waals surface area contributed by atoms with E-state index in [2.05, 4.69) is 0 Å². The van der Waals surface area contributed by atoms with Crippen molar-refractivity contribution in [2.75, 3.05) is 6.26 Å². The molecule has 15 heavy (non-hydrogen) atoms. The van der Waals surface area contributed by atoms with Crippen LogP contribution in [-0.4, -0.2) is 19.3 Å². The van der Waals surface area contributed by atoms with E-state index in [0.717, 1.165) is 5.56 Å². The van der Waals surface area contributed by atoms with E-state index in [-0.39, 0.29) is 4.58 Å². The Morgan fingerprint density at radius 1 is 1.27 bits per heavy atom. The first kappa shape index (κ1) is 12.6. The quantitative estimate of drug-likeness (QED) is 0.816. The third kappa shape index (κ3) is 2.75. The molecule has 0 aliphatic carbocycles. The van der Waals surface area contributed by atoms with E-state index in [9.17, 15) is 8.42 Å². The van der Waals surface area contributed by atoms with Crippen LogP contribution in [-0.2, 0) is 9.84 Å². The summed E-state index contributed by atoms with van der Waals surface area (Å²) < 4.78 is 23.8. The second kappa shape index (κ2) is 5.03. The van der Waals surface area contributed by atoms with Crippen LogP contribution in [0.1, 0.15) is 18.9 Å². The summed E-state index contributed by atoms with van der Waals surface area (Å²) in [6.07, 6.45) is 2.47. The summed E-state index contributed by atoms with van der Waals surface area (Å²) in [5.41, 5.74) is 1.08. The van der Waals surface area contributed by atoms with Gasteiger partial charge in [0.1, 0.15) is 4.58 Å². The largest absolute Gasteiger partial charge is 0.223 e. The van der Waals surface area contributed by atoms with Crippen molar-refractivity contribution in [3.8, 4) is 0 Å². The molecule has 1 aromatic carbocycles. The molecule has 0 amide bonds. The predicted molar refractivity (Wildman–Crippen MR) is 66.0 cm³/mol. The smallest absolute Gasteiger partial charge is 0.190 e. The fourth-order valence-corrected chi connectivity index (χ4v) is 4.33. The standard InChI is InChI=1S/C11H16O2S2/c1-4-11(14-3)15(12,13)10-7-5-9(2)6-8-10/h5-8,11H,4H2,1-3H3. The Morgan fingerprint density at radius 3 is 2.20 bits per heavy atom. The van der Waals surface area contributed by atoms with Gasteiger partial charge in [-0.15, -0.1) is 11.8 Å². The lowest BCUT2D eigenvalue weighted by Crippen LogP contribution is -2.16. The Hall–Kier alpha value is -0.480. The van der Waals surface area contributed by atoms with E-state index in [1.807, 2.05) is 32.2 Å². The molecular weight excluding hydrogens is 228 g/mol. The second-order valence-electron chi connectivity index (χ2n) is 3.43. The molecule has 2 nitrogen and oxygen atoms in total. The minimum atomic E-state index is -3.16. The third-order valence-corrected chi connectivity index (χ3v) is 6.44. The Morgan fingerprint density at radius 2 is 1.80 bits per heavy atom. The van der Waals surface area contributed by atoms with Crippen LogP contribution in [0.25, 0.3) is 0 Å². The van der Waals surface area contributed by atoms with Crippen LogP contribution in [0, 0.1) is 6.92 Å². The van der Waals surface area contributed by atoms with Crippen LogP contribution in [0.5, 0.6) is 0 Å². The first-order valence-corrected chi connectivity index (χ1v) is 7.69. The van der Waals surface area contributed by atoms with E-state index in [1.54, 1.807) is 12.1 Å². The van der Waals surface area contributed by atoms with Crippen LogP contribution < -0.4 is 0 Å². The molecule has 1 rings (SSSR count). The number of benzene rings is 1. The van der Waals surface area contributed by atoms with Gasteiger partial charge in [-0.25, -0.2) is 8.42 Å². The van der Waals surface area contributed by atoms with Crippen molar-refractivity contribution in [1.29, 1.82) is 0 Å². The molecule has 0 radical (unpaired) electrons. The van der Waals surface area contributed by atoms with Crippen LogP contribution in [0.3, 0.4) is 0 Å². The zero-order valence-electron chi connectivity index (χ0n) is 9.23. The molecule has 0 N–H and O–H groups in total. The van der Waals surface area contributed by atoms with Gasteiger partial charge in [0.05, 0.1) is 4.90 Å². The van der Waals surface area contributed by atoms with Crippen molar-refractivity contribution < 1.29 is 8.42 Å². The summed E-state index contributed by atoms with van der Waals surface area (Å²) in [6.45, 7) is 3.84. The second-order valence-corrected chi connectivity index (χ2v) is 6.90. The van der Waals surface area contributed by atoms with E-state index in [4.69, 9.17) is 0 Å². The van der Waals surface area contributed by atoms with E-state index < -0.39 is 9.84 Å². The molecule has 0 spiro atoms. The van der Waals surface area contributed by atoms with Crippen LogP contribution in [0.2, 0.25) is 0 Å². The lowest BCUT2D eigenvalue weighted by atomic mass is 10.2. The van der Waals surface area contributed by atoms with Crippen LogP contribution in [0.15, 0.2) is 29.2 Å². The van der Waals surface area contributed by atoms with Gasteiger partial charge in [-0.05, 0) is 31.7 Å². The molecule has 0 aromatic heterocycles. The van der Waals surface area contributed by atoms with Crippen LogP contribution in [0.4, 0.5) is 0 Å². The molecule has 0 aliphatic rings. The van der Waals surface area contributed by atoms with Gasteiger partial charge in [-0.3, -0.25) is 0 Å². The Labute approximate surface area is 96.0 Å². The van der Waals surface area contributed by atoms with E-state index >= 15 is 0 Å². The third-order valence-electron chi connectivity index (χ3n) is 2.29. The molecule has 0 aliphatic heterocycles. The highest BCUT2D eigenvalue weighted by Crippen LogP contribution is 2.25. The molecule has 0 fully saturated rings. The molecular formula is C11H16O2S2. The highest BCUT2D eigenvalue weighted by molar-refractivity contribution is 8.13. The topological polar surface area (TPSA) is 34.1 Å². The summed E-state index contributed by atoms with van der Waals surface area (Å²) in [7, 11) is -3.16. The number of sulfone groups is 1. The molecule has 1 aromatic rings. The Bertz CT molecular complexity index is 403. The first-order chi connectivity index (χ1) is 7.02. The average molecular weight is 244 g/mol. The fraction of sp³-hybridized carbons (Fsp3) is 0.455. The Kier molecular flexibility index (Phi) is 4.22. The molecule has 1 atom stereocenters. The van der Waals surface area contributed by atoms with Gasteiger partial charge in [-0.2, -0.15) is 0 Å². The zero-order valence-corrected chi connectivity index (χ0v) is 10.9. The maximum Gasteiger partial charge on any atom is 0.190 e. The normalized spacial score (nSPS) is 13.8. The molecule has 1 unspecified atom stereocenters. The van der Waals surface area contributed by atoms with Gasteiger partial charge in [0, 0.05) is 0 Å². The number of aryl methyl sites for hydroxylation is 1. The summed E-state index contributed by atoms with van der Waals surface area (Å²) in [5, 5.41) is 0. The van der Waals surface area contributed by atoms with Crippen molar-refractivity contribution in [3.05, 3.63) is 29.8 Å². The van der Waals surface area contributed by atoms with Crippen molar-refractivity contribution in [3.63, 3.8) is 0 Å². The SMILES string of the molecule is CCC(SC)S(=O)(=O)c1ccc(C)cc1.